The predicted molar refractivity (Wildman–Crippen MR) is 83.1 cm³/mol. The van der Waals surface area contributed by atoms with Crippen molar-refractivity contribution in [2.75, 3.05) is 12.8 Å². The van der Waals surface area contributed by atoms with E-state index in [1.807, 2.05) is 37.4 Å². The lowest BCUT2D eigenvalue weighted by molar-refractivity contribution is 0.620. The molecule has 0 aliphatic carbocycles. The molecule has 0 aliphatic heterocycles. The Balaban J connectivity index is 2.04. The molecular formula is C15H15BrFNS. The van der Waals surface area contributed by atoms with E-state index in [0.717, 1.165) is 15.8 Å². The SMILES string of the molecule is CNC(CSc1ccccc1Br)c1ccc(F)cc1. The highest BCUT2D eigenvalue weighted by Gasteiger charge is 2.10. The van der Waals surface area contributed by atoms with Crippen LogP contribution in [0.4, 0.5) is 4.39 Å². The smallest absolute Gasteiger partial charge is 0.123 e. The summed E-state index contributed by atoms with van der Waals surface area (Å²) in [4.78, 5) is 1.21. The molecule has 2 aromatic rings. The lowest BCUT2D eigenvalue weighted by Crippen LogP contribution is -2.18. The van der Waals surface area contributed by atoms with Crippen molar-refractivity contribution in [3.8, 4) is 0 Å². The number of benzene rings is 2. The summed E-state index contributed by atoms with van der Waals surface area (Å²) in [6.45, 7) is 0. The molecule has 0 fully saturated rings. The fraction of sp³-hybridized carbons (Fsp3) is 0.200. The van der Waals surface area contributed by atoms with Gasteiger partial charge < -0.3 is 5.32 Å². The molecule has 0 bridgehead atoms. The van der Waals surface area contributed by atoms with Crippen LogP contribution in [0.3, 0.4) is 0 Å². The van der Waals surface area contributed by atoms with Crippen LogP contribution in [0.15, 0.2) is 57.9 Å². The Morgan fingerprint density at radius 3 is 2.47 bits per heavy atom. The summed E-state index contributed by atoms with van der Waals surface area (Å²) in [6, 6.07) is 15.0. The van der Waals surface area contributed by atoms with E-state index in [4.69, 9.17) is 0 Å². The Morgan fingerprint density at radius 1 is 1.16 bits per heavy atom. The Labute approximate surface area is 125 Å². The van der Waals surface area contributed by atoms with Gasteiger partial charge in [0.2, 0.25) is 0 Å². The van der Waals surface area contributed by atoms with Crippen molar-refractivity contribution in [1.29, 1.82) is 0 Å². The third-order valence-corrected chi connectivity index (χ3v) is 4.98. The molecule has 0 aromatic heterocycles. The lowest BCUT2D eigenvalue weighted by Gasteiger charge is -2.16. The second-order valence-electron chi connectivity index (χ2n) is 4.13. The van der Waals surface area contributed by atoms with E-state index in [-0.39, 0.29) is 11.9 Å². The van der Waals surface area contributed by atoms with Gasteiger partial charge in [0, 0.05) is 21.2 Å². The highest BCUT2D eigenvalue weighted by molar-refractivity contribution is 9.10. The Kier molecular flexibility index (Phi) is 5.43. The first kappa shape index (κ1) is 14.6. The van der Waals surface area contributed by atoms with E-state index in [0.29, 0.717) is 0 Å². The molecule has 0 amide bonds. The van der Waals surface area contributed by atoms with Gasteiger partial charge in [0.15, 0.2) is 0 Å². The average molecular weight is 340 g/mol. The van der Waals surface area contributed by atoms with E-state index < -0.39 is 0 Å². The minimum atomic E-state index is -0.197. The van der Waals surface area contributed by atoms with E-state index in [2.05, 4.69) is 27.3 Å². The average Bonchev–Trinajstić information content (AvgIpc) is 2.43. The second kappa shape index (κ2) is 7.08. The summed E-state index contributed by atoms with van der Waals surface area (Å²) in [5.41, 5.74) is 1.10. The van der Waals surface area contributed by atoms with Crippen LogP contribution in [0.2, 0.25) is 0 Å². The quantitative estimate of drug-likeness (QED) is 0.796. The third kappa shape index (κ3) is 4.06. The van der Waals surface area contributed by atoms with Gasteiger partial charge in [-0.05, 0) is 52.8 Å². The molecule has 1 nitrogen and oxygen atoms in total. The van der Waals surface area contributed by atoms with Crippen LogP contribution in [-0.4, -0.2) is 12.8 Å². The zero-order chi connectivity index (χ0) is 13.7. The maximum absolute atomic E-state index is 12.9. The standard InChI is InChI=1S/C15H15BrFNS/c1-18-14(11-6-8-12(17)9-7-11)10-19-15-5-3-2-4-13(15)16/h2-9,14,18H,10H2,1H3. The van der Waals surface area contributed by atoms with Crippen LogP contribution < -0.4 is 5.32 Å². The first-order chi connectivity index (χ1) is 9.20. The lowest BCUT2D eigenvalue weighted by atomic mass is 10.1. The molecule has 0 aliphatic rings. The molecule has 19 heavy (non-hydrogen) atoms. The van der Waals surface area contributed by atoms with Gasteiger partial charge in [-0.25, -0.2) is 4.39 Å². The number of nitrogens with one attached hydrogen (secondary N) is 1. The fourth-order valence-electron chi connectivity index (χ4n) is 1.78. The van der Waals surface area contributed by atoms with Crippen molar-refractivity contribution in [1.82, 2.24) is 5.32 Å². The Hall–Kier alpha value is -0.840. The minimum absolute atomic E-state index is 0.197. The maximum Gasteiger partial charge on any atom is 0.123 e. The van der Waals surface area contributed by atoms with Crippen molar-refractivity contribution in [2.24, 2.45) is 0 Å². The normalized spacial score (nSPS) is 12.4. The van der Waals surface area contributed by atoms with E-state index in [9.17, 15) is 4.39 Å². The summed E-state index contributed by atoms with van der Waals surface area (Å²) in [5, 5.41) is 3.27. The van der Waals surface area contributed by atoms with Crippen LogP contribution in [0, 0.1) is 5.82 Å². The summed E-state index contributed by atoms with van der Waals surface area (Å²) in [5.74, 6) is 0.696. The summed E-state index contributed by atoms with van der Waals surface area (Å²) >= 11 is 5.32. The molecule has 0 saturated carbocycles. The second-order valence-corrected chi connectivity index (χ2v) is 6.05. The minimum Gasteiger partial charge on any atom is -0.312 e. The number of rotatable bonds is 5. The van der Waals surface area contributed by atoms with Crippen molar-refractivity contribution in [3.63, 3.8) is 0 Å². The topological polar surface area (TPSA) is 12.0 Å². The molecule has 1 unspecified atom stereocenters. The first-order valence-electron chi connectivity index (χ1n) is 6.01. The monoisotopic (exact) mass is 339 g/mol. The maximum atomic E-state index is 12.9. The molecule has 100 valence electrons. The van der Waals surface area contributed by atoms with Crippen molar-refractivity contribution in [2.45, 2.75) is 10.9 Å². The van der Waals surface area contributed by atoms with E-state index >= 15 is 0 Å². The van der Waals surface area contributed by atoms with Gasteiger partial charge in [-0.15, -0.1) is 11.8 Å². The van der Waals surface area contributed by atoms with Crippen LogP contribution >= 0.6 is 27.7 Å². The van der Waals surface area contributed by atoms with Crippen LogP contribution in [-0.2, 0) is 0 Å². The number of thioether (sulfide) groups is 1. The number of halogens is 2. The predicted octanol–water partition coefficient (Wildman–Crippen LogP) is 4.64. The third-order valence-electron chi connectivity index (χ3n) is 2.86. The number of hydrogen-bond donors (Lipinski definition) is 1. The first-order valence-corrected chi connectivity index (χ1v) is 7.78. The molecule has 4 heteroatoms. The molecule has 0 spiro atoms. The molecule has 2 rings (SSSR count). The van der Waals surface area contributed by atoms with Crippen LogP contribution in [0.5, 0.6) is 0 Å². The van der Waals surface area contributed by atoms with Gasteiger partial charge in [0.05, 0.1) is 0 Å². The van der Waals surface area contributed by atoms with Gasteiger partial charge in [-0.3, -0.25) is 0 Å². The molecule has 0 saturated heterocycles. The van der Waals surface area contributed by atoms with Gasteiger partial charge >= 0.3 is 0 Å². The Morgan fingerprint density at radius 2 is 1.84 bits per heavy atom. The summed E-state index contributed by atoms with van der Waals surface area (Å²) in [7, 11) is 1.93. The van der Waals surface area contributed by atoms with Crippen molar-refractivity contribution < 1.29 is 4.39 Å². The van der Waals surface area contributed by atoms with E-state index in [1.165, 1.54) is 17.0 Å². The molecule has 2 aromatic carbocycles. The molecule has 0 radical (unpaired) electrons. The number of hydrogen-bond acceptors (Lipinski definition) is 2. The zero-order valence-electron chi connectivity index (χ0n) is 10.6. The van der Waals surface area contributed by atoms with Crippen molar-refractivity contribution >= 4 is 27.7 Å². The molecule has 1 atom stereocenters. The highest BCUT2D eigenvalue weighted by atomic mass is 79.9. The highest BCUT2D eigenvalue weighted by Crippen LogP contribution is 2.30. The molecular weight excluding hydrogens is 325 g/mol. The summed E-state index contributed by atoms with van der Waals surface area (Å²) < 4.78 is 14.0. The van der Waals surface area contributed by atoms with Gasteiger partial charge in [-0.1, -0.05) is 24.3 Å². The summed E-state index contributed by atoms with van der Waals surface area (Å²) in [6.07, 6.45) is 0. The van der Waals surface area contributed by atoms with E-state index in [1.54, 1.807) is 11.8 Å². The van der Waals surface area contributed by atoms with Crippen LogP contribution in [0.1, 0.15) is 11.6 Å². The van der Waals surface area contributed by atoms with Crippen LogP contribution in [0.25, 0.3) is 0 Å². The largest absolute Gasteiger partial charge is 0.312 e. The van der Waals surface area contributed by atoms with Gasteiger partial charge in [0.1, 0.15) is 5.82 Å². The molecule has 0 heterocycles. The van der Waals surface area contributed by atoms with Crippen molar-refractivity contribution in [3.05, 3.63) is 64.4 Å². The Bertz CT molecular complexity index is 530. The molecule has 1 N–H and O–H groups in total. The fourth-order valence-corrected chi connectivity index (χ4v) is 3.49. The zero-order valence-corrected chi connectivity index (χ0v) is 13.0. The van der Waals surface area contributed by atoms with Gasteiger partial charge in [0.25, 0.3) is 0 Å². The van der Waals surface area contributed by atoms with Gasteiger partial charge in [-0.2, -0.15) is 0 Å².